The van der Waals surface area contributed by atoms with E-state index >= 15 is 0 Å². The average molecular weight is 476 g/mol. The average Bonchev–Trinajstić information content (AvgIpc) is 2.85. The Balaban J connectivity index is 1.84. The van der Waals surface area contributed by atoms with Gasteiger partial charge in [0.15, 0.2) is 0 Å². The molecule has 2 atom stereocenters. The molecule has 2 rings (SSSR count). The Morgan fingerprint density at radius 2 is 1.86 bits per heavy atom. The van der Waals surface area contributed by atoms with Crippen LogP contribution in [0.1, 0.15) is 24.5 Å². The van der Waals surface area contributed by atoms with Crippen LogP contribution in [-0.4, -0.2) is 35.5 Å². The summed E-state index contributed by atoms with van der Waals surface area (Å²) in [5.41, 5.74) is 6.49. The third-order valence-corrected chi connectivity index (χ3v) is 5.12. The summed E-state index contributed by atoms with van der Waals surface area (Å²) in [4.78, 5) is 0. The van der Waals surface area contributed by atoms with E-state index < -0.39 is 12.1 Å². The molecule has 0 bridgehead atoms. The summed E-state index contributed by atoms with van der Waals surface area (Å²) in [5.74, 6) is 6.04. The van der Waals surface area contributed by atoms with Gasteiger partial charge in [-0.1, -0.05) is 67.0 Å². The second-order valence-electron chi connectivity index (χ2n) is 8.10. The minimum Gasteiger partial charge on any atom is -0.387 e. The van der Waals surface area contributed by atoms with E-state index in [9.17, 15) is 9.50 Å². The van der Waals surface area contributed by atoms with Crippen LogP contribution in [-0.2, 0) is 6.54 Å². The molecule has 0 amide bonds. The molecule has 5 nitrogen and oxygen atoms in total. The summed E-state index contributed by atoms with van der Waals surface area (Å²) in [6.07, 6.45) is 7.52. The van der Waals surface area contributed by atoms with Gasteiger partial charge in [-0.15, -0.1) is 0 Å². The fourth-order valence-electron chi connectivity index (χ4n) is 3.25. The van der Waals surface area contributed by atoms with Crippen molar-refractivity contribution in [1.82, 2.24) is 10.8 Å². The monoisotopic (exact) mass is 475 g/mol. The SMILES string of the molecule is C=C/C=C(\C=C/CC#Cc1ccc(NC(CNO)C(O)C(=C)C)cc1)CNCc1ccc(F)cc1. The predicted octanol–water partition coefficient (Wildman–Crippen LogP) is 4.72. The van der Waals surface area contributed by atoms with E-state index in [1.54, 1.807) is 25.1 Å². The molecule has 2 unspecified atom stereocenters. The van der Waals surface area contributed by atoms with Crippen LogP contribution in [0.25, 0.3) is 0 Å². The Morgan fingerprint density at radius 3 is 2.49 bits per heavy atom. The van der Waals surface area contributed by atoms with Crippen molar-refractivity contribution in [2.24, 2.45) is 0 Å². The fraction of sp³-hybridized carbons (Fsp3) is 0.241. The quantitative estimate of drug-likeness (QED) is 0.125. The van der Waals surface area contributed by atoms with Crippen molar-refractivity contribution in [1.29, 1.82) is 0 Å². The molecule has 0 aliphatic rings. The maximum Gasteiger partial charge on any atom is 0.123 e. The first-order chi connectivity index (χ1) is 16.9. The van der Waals surface area contributed by atoms with E-state index in [-0.39, 0.29) is 12.4 Å². The highest BCUT2D eigenvalue weighted by Crippen LogP contribution is 2.14. The number of rotatable bonds is 13. The van der Waals surface area contributed by atoms with Gasteiger partial charge in [-0.25, -0.2) is 9.87 Å². The van der Waals surface area contributed by atoms with E-state index in [2.05, 4.69) is 41.1 Å². The molecule has 0 fully saturated rings. The lowest BCUT2D eigenvalue weighted by atomic mass is 10.0. The number of aliphatic hydroxyl groups is 1. The van der Waals surface area contributed by atoms with Crippen molar-refractivity contribution in [2.45, 2.75) is 32.0 Å². The van der Waals surface area contributed by atoms with Crippen LogP contribution in [0.2, 0.25) is 0 Å². The normalized spacial score (nSPS) is 13.1. The number of allylic oxidation sites excluding steroid dienone is 3. The third-order valence-electron chi connectivity index (χ3n) is 5.12. The van der Waals surface area contributed by atoms with Gasteiger partial charge in [0, 0.05) is 37.3 Å². The summed E-state index contributed by atoms with van der Waals surface area (Å²) in [6, 6.07) is 13.6. The van der Waals surface area contributed by atoms with Gasteiger partial charge in [-0.2, -0.15) is 0 Å². The molecular formula is C29H34FN3O2. The molecule has 0 saturated carbocycles. The van der Waals surface area contributed by atoms with Gasteiger partial charge < -0.3 is 20.9 Å². The Bertz CT molecular complexity index is 1060. The molecule has 35 heavy (non-hydrogen) atoms. The number of halogens is 1. The Kier molecular flexibility index (Phi) is 12.2. The van der Waals surface area contributed by atoms with Crippen molar-refractivity contribution in [2.75, 3.05) is 18.4 Å². The highest BCUT2D eigenvalue weighted by Gasteiger charge is 2.19. The van der Waals surface area contributed by atoms with Crippen LogP contribution in [0.15, 0.2) is 97.1 Å². The van der Waals surface area contributed by atoms with Crippen molar-refractivity contribution in [3.63, 3.8) is 0 Å². The number of aliphatic hydroxyl groups excluding tert-OH is 1. The molecule has 184 valence electrons. The molecule has 0 spiro atoms. The van der Waals surface area contributed by atoms with E-state index in [0.717, 1.165) is 22.4 Å². The van der Waals surface area contributed by atoms with Crippen LogP contribution in [0.5, 0.6) is 0 Å². The van der Waals surface area contributed by atoms with Gasteiger partial charge in [-0.05, 0) is 54.5 Å². The molecular weight excluding hydrogens is 441 g/mol. The minimum atomic E-state index is -0.793. The van der Waals surface area contributed by atoms with Gasteiger partial charge in [0.1, 0.15) is 5.82 Å². The molecule has 6 heteroatoms. The minimum absolute atomic E-state index is 0.173. The molecule has 5 N–H and O–H groups in total. The molecule has 0 radical (unpaired) electrons. The van der Waals surface area contributed by atoms with Gasteiger partial charge in [0.25, 0.3) is 0 Å². The van der Waals surface area contributed by atoms with Gasteiger partial charge >= 0.3 is 0 Å². The number of nitrogens with one attached hydrogen (secondary N) is 3. The van der Waals surface area contributed by atoms with E-state index in [1.165, 1.54) is 12.1 Å². The van der Waals surface area contributed by atoms with Crippen LogP contribution in [0.3, 0.4) is 0 Å². The third kappa shape index (κ3) is 10.6. The molecule has 2 aromatic carbocycles. The van der Waals surface area contributed by atoms with Crippen molar-refractivity contribution >= 4 is 5.69 Å². The molecule has 2 aromatic rings. The number of hydrogen-bond acceptors (Lipinski definition) is 5. The summed E-state index contributed by atoms with van der Waals surface area (Å²) < 4.78 is 13.0. The first-order valence-corrected chi connectivity index (χ1v) is 11.4. The highest BCUT2D eigenvalue weighted by atomic mass is 19.1. The van der Waals surface area contributed by atoms with Crippen LogP contribution >= 0.6 is 0 Å². The zero-order valence-electron chi connectivity index (χ0n) is 20.1. The van der Waals surface area contributed by atoms with E-state index in [0.29, 0.717) is 25.1 Å². The lowest BCUT2D eigenvalue weighted by molar-refractivity contribution is 0.126. The standard InChI is InChI=1S/C29H34FN3O2/c1-4-8-24(19-31-20-25-11-15-26(30)16-12-25)10-7-5-6-9-23-13-17-27(18-14-23)33-28(21-32-35)29(34)22(2)3/h4,7-8,10-18,28-29,31-35H,1-2,5,19-21H2,3H3/b10-7-,24-8+. The first kappa shape index (κ1) is 27.8. The van der Waals surface area contributed by atoms with Crippen molar-refractivity contribution in [3.05, 3.63) is 114 Å². The van der Waals surface area contributed by atoms with Gasteiger partial charge in [0.2, 0.25) is 0 Å². The van der Waals surface area contributed by atoms with Crippen LogP contribution in [0, 0.1) is 17.7 Å². The Morgan fingerprint density at radius 1 is 1.14 bits per heavy atom. The summed E-state index contributed by atoms with van der Waals surface area (Å²) in [5, 5.41) is 25.8. The summed E-state index contributed by atoms with van der Waals surface area (Å²) in [7, 11) is 0. The van der Waals surface area contributed by atoms with E-state index in [4.69, 9.17) is 5.21 Å². The molecule has 0 aliphatic carbocycles. The summed E-state index contributed by atoms with van der Waals surface area (Å²) >= 11 is 0. The second-order valence-corrected chi connectivity index (χ2v) is 8.10. The van der Waals surface area contributed by atoms with Crippen molar-refractivity contribution < 1.29 is 14.7 Å². The Hall–Kier alpha value is -3.47. The lowest BCUT2D eigenvalue weighted by Gasteiger charge is -2.24. The number of anilines is 1. The number of benzene rings is 2. The van der Waals surface area contributed by atoms with Crippen LogP contribution in [0.4, 0.5) is 10.1 Å². The maximum absolute atomic E-state index is 13.0. The first-order valence-electron chi connectivity index (χ1n) is 11.4. The molecule has 0 saturated heterocycles. The maximum atomic E-state index is 13.0. The zero-order valence-corrected chi connectivity index (χ0v) is 20.1. The predicted molar refractivity (Wildman–Crippen MR) is 141 cm³/mol. The number of hydroxylamine groups is 1. The second kappa shape index (κ2) is 15.4. The largest absolute Gasteiger partial charge is 0.387 e. The van der Waals surface area contributed by atoms with Gasteiger partial charge in [-0.3, -0.25) is 0 Å². The van der Waals surface area contributed by atoms with Crippen molar-refractivity contribution in [3.8, 4) is 11.8 Å². The summed E-state index contributed by atoms with van der Waals surface area (Å²) in [6.45, 7) is 10.8. The van der Waals surface area contributed by atoms with Gasteiger partial charge in [0.05, 0.1) is 12.1 Å². The number of hydrogen-bond donors (Lipinski definition) is 5. The fourth-order valence-corrected chi connectivity index (χ4v) is 3.25. The van der Waals surface area contributed by atoms with E-state index in [1.807, 2.05) is 42.5 Å². The highest BCUT2D eigenvalue weighted by molar-refractivity contribution is 5.49. The Labute approximate surface area is 207 Å². The topological polar surface area (TPSA) is 76.5 Å². The van der Waals surface area contributed by atoms with Crippen LogP contribution < -0.4 is 16.1 Å². The molecule has 0 aliphatic heterocycles. The lowest BCUT2D eigenvalue weighted by Crippen LogP contribution is -2.41. The smallest absolute Gasteiger partial charge is 0.123 e. The zero-order chi connectivity index (χ0) is 25.5. The molecule has 0 aromatic heterocycles. The molecule has 0 heterocycles.